The van der Waals surface area contributed by atoms with Crippen molar-refractivity contribution in [3.63, 3.8) is 0 Å². The third kappa shape index (κ3) is 5.08. The second kappa shape index (κ2) is 8.70. The Balaban J connectivity index is 3.25. The van der Waals surface area contributed by atoms with E-state index in [1.807, 2.05) is 0 Å². The van der Waals surface area contributed by atoms with Crippen molar-refractivity contribution in [3.8, 4) is 0 Å². The Morgan fingerprint density at radius 1 is 0.741 bits per heavy atom. The van der Waals surface area contributed by atoms with Gasteiger partial charge in [0.25, 0.3) is 11.8 Å². The predicted octanol–water partition coefficient (Wildman–Crippen LogP) is 1.57. The first-order chi connectivity index (χ1) is 12.4. The van der Waals surface area contributed by atoms with Crippen LogP contribution in [0.1, 0.15) is 59.9 Å². The molecule has 0 aliphatic carbocycles. The van der Waals surface area contributed by atoms with Gasteiger partial charge in [0.2, 0.25) is 0 Å². The maximum Gasteiger partial charge on any atom is 0.326 e. The van der Waals surface area contributed by atoms with Crippen LogP contribution in [-0.4, -0.2) is 46.0 Å². The van der Waals surface area contributed by atoms with E-state index in [4.69, 9.17) is 4.42 Å². The summed E-state index contributed by atoms with van der Waals surface area (Å²) in [6, 6.07) is -2.30. The number of aryl methyl sites for hydroxylation is 2. The molecule has 0 bridgehead atoms. The van der Waals surface area contributed by atoms with Crippen molar-refractivity contribution in [2.75, 3.05) is 0 Å². The standard InChI is InChI=1S/C18H26N2O7/c1-7(2)13(17(23)24)19-15(21)11-9(5)27-10(6)12(11)16(22)20-14(8(3)4)18(25)26/h7-8,13-14H,1-6H3,(H,19,21)(H,20,22)(H,23,24)(H,25,26)/t13-,14-/m0/s1. The van der Waals surface area contributed by atoms with Crippen LogP contribution in [0.5, 0.6) is 0 Å². The van der Waals surface area contributed by atoms with Crippen LogP contribution in [0.25, 0.3) is 0 Å². The van der Waals surface area contributed by atoms with E-state index >= 15 is 0 Å². The molecule has 150 valence electrons. The zero-order chi connectivity index (χ0) is 21.0. The zero-order valence-electron chi connectivity index (χ0n) is 16.2. The molecule has 0 saturated carbocycles. The number of carbonyl (C=O) groups excluding carboxylic acids is 2. The fourth-order valence-electron chi connectivity index (χ4n) is 2.68. The molecule has 0 spiro atoms. The second-order valence-electron chi connectivity index (χ2n) is 7.03. The van der Waals surface area contributed by atoms with Crippen molar-refractivity contribution in [2.24, 2.45) is 11.8 Å². The molecule has 0 aliphatic rings. The van der Waals surface area contributed by atoms with Crippen LogP contribution in [0.2, 0.25) is 0 Å². The maximum absolute atomic E-state index is 12.6. The Morgan fingerprint density at radius 3 is 1.26 bits per heavy atom. The average Bonchev–Trinajstić information content (AvgIpc) is 2.82. The third-order valence-electron chi connectivity index (χ3n) is 4.15. The Bertz CT molecular complexity index is 689. The number of furan rings is 1. The SMILES string of the molecule is Cc1oc(C)c(C(=O)N[C@H](C(=O)O)C(C)C)c1C(=O)N[C@H](C(=O)O)C(C)C. The lowest BCUT2D eigenvalue weighted by atomic mass is 10.0. The summed E-state index contributed by atoms with van der Waals surface area (Å²) in [5, 5.41) is 23.3. The summed E-state index contributed by atoms with van der Waals surface area (Å²) < 4.78 is 5.38. The molecule has 1 heterocycles. The number of carboxylic acids is 2. The molecule has 9 nitrogen and oxygen atoms in total. The average molecular weight is 382 g/mol. The van der Waals surface area contributed by atoms with Gasteiger partial charge in [-0.05, 0) is 25.7 Å². The van der Waals surface area contributed by atoms with Gasteiger partial charge in [0.1, 0.15) is 23.6 Å². The highest BCUT2D eigenvalue weighted by molar-refractivity contribution is 6.09. The predicted molar refractivity (Wildman–Crippen MR) is 95.6 cm³/mol. The molecule has 0 unspecified atom stereocenters. The van der Waals surface area contributed by atoms with Gasteiger partial charge in [0, 0.05) is 0 Å². The fourth-order valence-corrected chi connectivity index (χ4v) is 2.68. The van der Waals surface area contributed by atoms with Crippen LogP contribution >= 0.6 is 0 Å². The minimum absolute atomic E-state index is 0.107. The Hall–Kier alpha value is -2.84. The van der Waals surface area contributed by atoms with Gasteiger partial charge in [-0.3, -0.25) is 9.59 Å². The minimum Gasteiger partial charge on any atom is -0.480 e. The van der Waals surface area contributed by atoms with E-state index in [0.29, 0.717) is 0 Å². The molecule has 0 fully saturated rings. The largest absolute Gasteiger partial charge is 0.480 e. The molecule has 0 aromatic carbocycles. The highest BCUT2D eigenvalue weighted by Crippen LogP contribution is 2.23. The smallest absolute Gasteiger partial charge is 0.326 e. The monoisotopic (exact) mass is 382 g/mol. The summed E-state index contributed by atoms with van der Waals surface area (Å²) in [5.41, 5.74) is -0.213. The topological polar surface area (TPSA) is 146 Å². The summed E-state index contributed by atoms with van der Waals surface area (Å²) in [5.74, 6) is -4.43. The van der Waals surface area contributed by atoms with Gasteiger partial charge in [-0.25, -0.2) is 9.59 Å². The van der Waals surface area contributed by atoms with E-state index in [-0.39, 0.29) is 34.5 Å². The lowest BCUT2D eigenvalue weighted by molar-refractivity contribution is -0.141. The maximum atomic E-state index is 12.6. The van der Waals surface area contributed by atoms with E-state index in [9.17, 15) is 29.4 Å². The highest BCUT2D eigenvalue weighted by Gasteiger charge is 2.32. The van der Waals surface area contributed by atoms with E-state index in [1.54, 1.807) is 27.7 Å². The first-order valence-corrected chi connectivity index (χ1v) is 8.55. The van der Waals surface area contributed by atoms with Gasteiger partial charge in [-0.15, -0.1) is 0 Å². The number of carbonyl (C=O) groups is 4. The van der Waals surface area contributed by atoms with Gasteiger partial charge in [0.15, 0.2) is 0 Å². The van der Waals surface area contributed by atoms with E-state index in [0.717, 1.165) is 0 Å². The highest BCUT2D eigenvalue weighted by atomic mass is 16.4. The van der Waals surface area contributed by atoms with Crippen molar-refractivity contribution < 1.29 is 33.8 Å². The van der Waals surface area contributed by atoms with E-state index < -0.39 is 35.8 Å². The summed E-state index contributed by atoms with van der Waals surface area (Å²) in [4.78, 5) is 48.0. The van der Waals surface area contributed by atoms with Gasteiger partial charge in [0.05, 0.1) is 11.1 Å². The molecule has 0 radical (unpaired) electrons. The Kier molecular flexibility index (Phi) is 7.15. The number of hydrogen-bond donors (Lipinski definition) is 4. The summed E-state index contributed by atoms with van der Waals surface area (Å²) in [6.07, 6.45) is 0. The van der Waals surface area contributed by atoms with Crippen LogP contribution in [0.4, 0.5) is 0 Å². The fraction of sp³-hybridized carbons (Fsp3) is 0.556. The molecule has 9 heteroatoms. The Labute approximate surface area is 157 Å². The number of carboxylic acid groups (broad SMARTS) is 2. The normalized spacial score (nSPS) is 13.3. The summed E-state index contributed by atoms with van der Waals surface area (Å²) in [7, 11) is 0. The molecule has 1 aromatic heterocycles. The molecule has 2 atom stereocenters. The number of rotatable bonds is 8. The van der Waals surface area contributed by atoms with Crippen LogP contribution in [0.3, 0.4) is 0 Å². The second-order valence-corrected chi connectivity index (χ2v) is 7.03. The quantitative estimate of drug-likeness (QED) is 0.534. The molecule has 1 rings (SSSR count). The molecule has 2 amide bonds. The first kappa shape index (κ1) is 22.2. The van der Waals surface area contributed by atoms with Crippen LogP contribution in [0, 0.1) is 25.7 Å². The minimum atomic E-state index is -1.20. The Morgan fingerprint density at radius 2 is 1.04 bits per heavy atom. The van der Waals surface area contributed by atoms with Crippen molar-refractivity contribution in [1.29, 1.82) is 0 Å². The van der Waals surface area contributed by atoms with Gasteiger partial charge >= 0.3 is 11.9 Å². The van der Waals surface area contributed by atoms with Gasteiger partial charge < -0.3 is 25.3 Å². The molecule has 4 N–H and O–H groups in total. The summed E-state index contributed by atoms with van der Waals surface area (Å²) >= 11 is 0. The van der Waals surface area contributed by atoms with Crippen molar-refractivity contribution in [1.82, 2.24) is 10.6 Å². The van der Waals surface area contributed by atoms with Gasteiger partial charge in [-0.2, -0.15) is 0 Å². The number of hydrogen-bond acceptors (Lipinski definition) is 5. The zero-order valence-corrected chi connectivity index (χ0v) is 16.2. The molecule has 27 heavy (non-hydrogen) atoms. The van der Waals surface area contributed by atoms with Crippen molar-refractivity contribution >= 4 is 23.8 Å². The van der Waals surface area contributed by atoms with E-state index in [1.165, 1.54) is 13.8 Å². The summed E-state index contributed by atoms with van der Waals surface area (Å²) in [6.45, 7) is 9.50. The van der Waals surface area contributed by atoms with Crippen LogP contribution in [-0.2, 0) is 9.59 Å². The third-order valence-corrected chi connectivity index (χ3v) is 4.15. The molecule has 0 aliphatic heterocycles. The lowest BCUT2D eigenvalue weighted by Crippen LogP contribution is -2.46. The van der Waals surface area contributed by atoms with Crippen molar-refractivity contribution in [2.45, 2.75) is 53.6 Å². The molecular formula is C18H26N2O7. The molecule has 0 saturated heterocycles. The first-order valence-electron chi connectivity index (χ1n) is 8.55. The number of nitrogens with one attached hydrogen (secondary N) is 2. The van der Waals surface area contributed by atoms with Crippen molar-refractivity contribution in [3.05, 3.63) is 22.6 Å². The van der Waals surface area contributed by atoms with Crippen LogP contribution < -0.4 is 10.6 Å². The number of amides is 2. The van der Waals surface area contributed by atoms with E-state index in [2.05, 4.69) is 10.6 Å². The molecule has 1 aromatic rings. The number of aliphatic carboxylic acids is 2. The molecular weight excluding hydrogens is 356 g/mol. The lowest BCUT2D eigenvalue weighted by Gasteiger charge is -2.19. The van der Waals surface area contributed by atoms with Gasteiger partial charge in [-0.1, -0.05) is 27.7 Å². The van der Waals surface area contributed by atoms with Crippen LogP contribution in [0.15, 0.2) is 4.42 Å².